The van der Waals surface area contributed by atoms with Crippen molar-refractivity contribution in [1.82, 2.24) is 19.9 Å². The highest BCUT2D eigenvalue weighted by Crippen LogP contribution is 2.04. The molecular formula is C14H14N4O2. The second-order valence-corrected chi connectivity index (χ2v) is 4.00. The number of rotatable bonds is 3. The van der Waals surface area contributed by atoms with Crippen LogP contribution in [0.2, 0.25) is 0 Å². The highest BCUT2D eigenvalue weighted by atomic mass is 16.2. The van der Waals surface area contributed by atoms with E-state index in [4.69, 9.17) is 5.11 Å². The number of aliphatic hydroxyl groups excluding tert-OH is 1. The normalized spacial score (nSPS) is 9.70. The summed E-state index contributed by atoms with van der Waals surface area (Å²) in [6, 6.07) is 3.38. The molecule has 0 saturated heterocycles. The van der Waals surface area contributed by atoms with Gasteiger partial charge in [0.25, 0.3) is 5.91 Å². The molecule has 102 valence electrons. The van der Waals surface area contributed by atoms with E-state index in [0.29, 0.717) is 12.1 Å². The third-order valence-electron chi connectivity index (χ3n) is 2.65. The van der Waals surface area contributed by atoms with Gasteiger partial charge in [-0.2, -0.15) is 0 Å². The molecule has 0 spiro atoms. The van der Waals surface area contributed by atoms with Crippen LogP contribution in [0.3, 0.4) is 0 Å². The number of aromatic nitrogens is 3. The maximum Gasteiger partial charge on any atom is 0.271 e. The summed E-state index contributed by atoms with van der Waals surface area (Å²) in [5.41, 5.74) is 0.724. The van der Waals surface area contributed by atoms with Gasteiger partial charge in [-0.3, -0.25) is 4.79 Å². The second-order valence-electron chi connectivity index (χ2n) is 4.00. The second kappa shape index (κ2) is 6.50. The van der Waals surface area contributed by atoms with Crippen molar-refractivity contribution in [2.24, 2.45) is 7.05 Å². The number of pyridine rings is 1. The van der Waals surface area contributed by atoms with Crippen LogP contribution in [0.15, 0.2) is 30.7 Å². The lowest BCUT2D eigenvalue weighted by atomic mass is 10.2. The van der Waals surface area contributed by atoms with Crippen LogP contribution < -0.4 is 5.32 Å². The number of aliphatic hydroxyl groups is 1. The van der Waals surface area contributed by atoms with Crippen LogP contribution in [0.4, 0.5) is 0 Å². The summed E-state index contributed by atoms with van der Waals surface area (Å²) < 4.78 is 1.82. The third kappa shape index (κ3) is 3.22. The number of aryl methyl sites for hydroxylation is 1. The van der Waals surface area contributed by atoms with Crippen molar-refractivity contribution in [3.63, 3.8) is 0 Å². The summed E-state index contributed by atoms with van der Waals surface area (Å²) in [5.74, 6) is 5.64. The van der Waals surface area contributed by atoms with Gasteiger partial charge in [0.1, 0.15) is 18.1 Å². The van der Waals surface area contributed by atoms with Crippen molar-refractivity contribution in [2.75, 3.05) is 6.61 Å². The van der Waals surface area contributed by atoms with Crippen LogP contribution >= 0.6 is 0 Å². The summed E-state index contributed by atoms with van der Waals surface area (Å²) >= 11 is 0. The molecule has 0 saturated carbocycles. The number of carbonyl (C=O) groups excluding carboxylic acids is 1. The maximum atomic E-state index is 12.1. The summed E-state index contributed by atoms with van der Waals surface area (Å²) in [7, 11) is 1.85. The Hall–Kier alpha value is -2.65. The zero-order valence-electron chi connectivity index (χ0n) is 11.0. The van der Waals surface area contributed by atoms with Crippen LogP contribution in [-0.4, -0.2) is 32.2 Å². The summed E-state index contributed by atoms with van der Waals surface area (Å²) in [6.07, 6.45) is 5.00. The molecule has 2 rings (SSSR count). The molecule has 2 heterocycles. The number of hydrogen-bond donors (Lipinski definition) is 2. The van der Waals surface area contributed by atoms with Gasteiger partial charge >= 0.3 is 0 Å². The fourth-order valence-electron chi connectivity index (χ4n) is 1.63. The SMILES string of the molecule is Cn1ccnc1CNC(=O)c1ncccc1C#CCO. The van der Waals surface area contributed by atoms with Crippen LogP contribution in [0.1, 0.15) is 21.9 Å². The predicted molar refractivity (Wildman–Crippen MR) is 72.6 cm³/mol. The molecule has 2 aromatic rings. The molecule has 0 fully saturated rings. The average molecular weight is 270 g/mol. The number of nitrogens with zero attached hydrogens (tertiary/aromatic N) is 3. The van der Waals surface area contributed by atoms with Gasteiger partial charge in [0.2, 0.25) is 0 Å². The highest BCUT2D eigenvalue weighted by molar-refractivity contribution is 5.94. The number of carbonyl (C=O) groups is 1. The van der Waals surface area contributed by atoms with Crippen LogP contribution in [-0.2, 0) is 13.6 Å². The van der Waals surface area contributed by atoms with Crippen LogP contribution in [0.5, 0.6) is 0 Å². The Labute approximate surface area is 116 Å². The van der Waals surface area contributed by atoms with E-state index in [1.807, 2.05) is 11.6 Å². The smallest absolute Gasteiger partial charge is 0.271 e. The largest absolute Gasteiger partial charge is 0.384 e. The summed E-state index contributed by atoms with van der Waals surface area (Å²) in [5, 5.41) is 11.5. The molecule has 0 atom stereocenters. The molecule has 0 aliphatic carbocycles. The Kier molecular flexibility index (Phi) is 4.47. The van der Waals surface area contributed by atoms with Gasteiger partial charge in [-0.15, -0.1) is 0 Å². The van der Waals surface area contributed by atoms with Gasteiger partial charge < -0.3 is 15.0 Å². The summed E-state index contributed by atoms with van der Waals surface area (Å²) in [6.45, 7) is 0.0506. The predicted octanol–water partition coefficient (Wildman–Crippen LogP) is 0.0889. The molecule has 6 heteroatoms. The molecule has 0 unspecified atom stereocenters. The summed E-state index contributed by atoms with van der Waals surface area (Å²) in [4.78, 5) is 20.2. The average Bonchev–Trinajstić information content (AvgIpc) is 2.88. The zero-order valence-corrected chi connectivity index (χ0v) is 11.0. The Morgan fingerprint density at radius 2 is 2.30 bits per heavy atom. The highest BCUT2D eigenvalue weighted by Gasteiger charge is 2.11. The molecule has 0 bridgehead atoms. The van der Waals surface area contributed by atoms with E-state index in [0.717, 1.165) is 5.82 Å². The molecule has 0 radical (unpaired) electrons. The number of imidazole rings is 1. The quantitative estimate of drug-likeness (QED) is 0.775. The van der Waals surface area contributed by atoms with Crippen LogP contribution in [0, 0.1) is 11.8 Å². The van der Waals surface area contributed by atoms with Gasteiger partial charge in [0.15, 0.2) is 0 Å². The van der Waals surface area contributed by atoms with E-state index in [9.17, 15) is 4.79 Å². The zero-order chi connectivity index (χ0) is 14.4. The molecular weight excluding hydrogens is 256 g/mol. The van der Waals surface area contributed by atoms with E-state index in [-0.39, 0.29) is 18.2 Å². The number of nitrogens with one attached hydrogen (secondary N) is 1. The van der Waals surface area contributed by atoms with Crippen molar-refractivity contribution < 1.29 is 9.90 Å². The van der Waals surface area contributed by atoms with E-state index in [1.54, 1.807) is 24.5 Å². The Balaban J connectivity index is 2.11. The van der Waals surface area contributed by atoms with Gasteiger partial charge in [-0.25, -0.2) is 9.97 Å². The number of amides is 1. The minimum atomic E-state index is -0.323. The lowest BCUT2D eigenvalue weighted by Crippen LogP contribution is -2.26. The van der Waals surface area contributed by atoms with Crippen molar-refractivity contribution >= 4 is 5.91 Å². The molecule has 0 aromatic carbocycles. The fourth-order valence-corrected chi connectivity index (χ4v) is 1.63. The first kappa shape index (κ1) is 13.8. The number of hydrogen-bond acceptors (Lipinski definition) is 4. The Bertz CT molecular complexity index is 667. The minimum absolute atomic E-state index is 0.239. The third-order valence-corrected chi connectivity index (χ3v) is 2.65. The Morgan fingerprint density at radius 1 is 1.45 bits per heavy atom. The lowest BCUT2D eigenvalue weighted by molar-refractivity contribution is 0.0944. The molecule has 0 aliphatic rings. The Morgan fingerprint density at radius 3 is 3.00 bits per heavy atom. The standard InChI is InChI=1S/C14H14N4O2/c1-18-8-7-15-12(18)10-17-14(20)13-11(5-3-9-19)4-2-6-16-13/h2,4,6-8,19H,9-10H2,1H3,(H,17,20). The van der Waals surface area contributed by atoms with E-state index in [1.165, 1.54) is 6.20 Å². The first-order valence-electron chi connectivity index (χ1n) is 6.01. The molecule has 20 heavy (non-hydrogen) atoms. The van der Waals surface area contributed by atoms with Crippen molar-refractivity contribution in [3.8, 4) is 11.8 Å². The minimum Gasteiger partial charge on any atom is -0.384 e. The van der Waals surface area contributed by atoms with Gasteiger partial charge in [0, 0.05) is 25.6 Å². The van der Waals surface area contributed by atoms with Gasteiger partial charge in [0.05, 0.1) is 12.1 Å². The molecule has 0 aliphatic heterocycles. The van der Waals surface area contributed by atoms with Gasteiger partial charge in [-0.05, 0) is 12.1 Å². The topological polar surface area (TPSA) is 80.0 Å². The van der Waals surface area contributed by atoms with Crippen LogP contribution in [0.25, 0.3) is 0 Å². The van der Waals surface area contributed by atoms with E-state index in [2.05, 4.69) is 27.1 Å². The van der Waals surface area contributed by atoms with Crippen molar-refractivity contribution in [2.45, 2.75) is 6.54 Å². The van der Waals surface area contributed by atoms with Crippen molar-refractivity contribution in [3.05, 3.63) is 47.8 Å². The maximum absolute atomic E-state index is 12.1. The first-order chi connectivity index (χ1) is 9.72. The first-order valence-corrected chi connectivity index (χ1v) is 6.01. The van der Waals surface area contributed by atoms with Gasteiger partial charge in [-0.1, -0.05) is 11.8 Å². The monoisotopic (exact) mass is 270 g/mol. The lowest BCUT2D eigenvalue weighted by Gasteiger charge is -2.06. The molecule has 1 amide bonds. The van der Waals surface area contributed by atoms with E-state index < -0.39 is 0 Å². The van der Waals surface area contributed by atoms with Crippen molar-refractivity contribution in [1.29, 1.82) is 0 Å². The fraction of sp³-hybridized carbons (Fsp3) is 0.214. The molecule has 2 aromatic heterocycles. The molecule has 6 nitrogen and oxygen atoms in total. The molecule has 2 N–H and O–H groups in total. The van der Waals surface area contributed by atoms with E-state index >= 15 is 0 Å².